The Hall–Kier alpha value is -1.10. The van der Waals surface area contributed by atoms with Gasteiger partial charge in [0.05, 0.1) is 14.2 Å². The molecule has 2 rings (SSSR count). The molecular formula is C18H31NO4. The highest BCUT2D eigenvalue weighted by Crippen LogP contribution is 2.36. The highest BCUT2D eigenvalue weighted by atomic mass is 16.5. The molecule has 0 atom stereocenters. The molecule has 0 N–H and O–H groups in total. The van der Waals surface area contributed by atoms with Crippen LogP contribution in [0.25, 0.3) is 0 Å². The van der Waals surface area contributed by atoms with Crippen LogP contribution in [0.1, 0.15) is 71.1 Å². The molecule has 2 fully saturated rings. The fraction of sp³-hybridized carbons (Fsp3) is 0.889. The maximum absolute atomic E-state index is 12.6. The third-order valence-corrected chi connectivity index (χ3v) is 5.62. The van der Waals surface area contributed by atoms with Crippen molar-refractivity contribution in [3.05, 3.63) is 0 Å². The Morgan fingerprint density at radius 3 is 1.43 bits per heavy atom. The van der Waals surface area contributed by atoms with Gasteiger partial charge in [-0.1, -0.05) is 38.5 Å². The van der Waals surface area contributed by atoms with E-state index in [1.165, 1.54) is 27.1 Å². The van der Waals surface area contributed by atoms with Crippen molar-refractivity contribution < 1.29 is 19.1 Å². The van der Waals surface area contributed by atoms with E-state index in [-0.39, 0.29) is 12.1 Å². The molecule has 0 unspecified atom stereocenters. The average molecular weight is 325 g/mol. The summed E-state index contributed by atoms with van der Waals surface area (Å²) in [5.74, 6) is -0.999. The molecule has 132 valence electrons. The summed E-state index contributed by atoms with van der Waals surface area (Å²) in [7, 11) is 2.70. The SMILES string of the molecule is COC(=O)C(C)(C(=O)OC)N(C1CCCCC1)C1CCCCC1. The van der Waals surface area contributed by atoms with Gasteiger partial charge < -0.3 is 9.47 Å². The minimum absolute atomic E-state index is 0.259. The van der Waals surface area contributed by atoms with Crippen LogP contribution in [-0.2, 0) is 19.1 Å². The first-order chi connectivity index (χ1) is 11.1. The van der Waals surface area contributed by atoms with Gasteiger partial charge in [-0.05, 0) is 32.6 Å². The summed E-state index contributed by atoms with van der Waals surface area (Å²) >= 11 is 0. The predicted octanol–water partition coefficient (Wildman–Crippen LogP) is 3.06. The van der Waals surface area contributed by atoms with Crippen LogP contribution in [0.15, 0.2) is 0 Å². The lowest BCUT2D eigenvalue weighted by Crippen LogP contribution is -2.65. The smallest absolute Gasteiger partial charge is 0.337 e. The first-order valence-electron chi connectivity index (χ1n) is 9.01. The van der Waals surface area contributed by atoms with E-state index in [2.05, 4.69) is 4.90 Å². The zero-order valence-electron chi connectivity index (χ0n) is 14.8. The van der Waals surface area contributed by atoms with E-state index in [4.69, 9.17) is 9.47 Å². The first kappa shape index (κ1) is 18.2. The van der Waals surface area contributed by atoms with Gasteiger partial charge in [-0.15, -0.1) is 0 Å². The number of methoxy groups -OCH3 is 2. The van der Waals surface area contributed by atoms with E-state index in [0.29, 0.717) is 0 Å². The van der Waals surface area contributed by atoms with Gasteiger partial charge in [-0.3, -0.25) is 4.90 Å². The zero-order chi connectivity index (χ0) is 16.9. The van der Waals surface area contributed by atoms with E-state index in [1.807, 2.05) is 0 Å². The van der Waals surface area contributed by atoms with Gasteiger partial charge in [-0.2, -0.15) is 0 Å². The molecule has 2 aliphatic rings. The number of carbonyl (C=O) groups excluding carboxylic acids is 2. The Morgan fingerprint density at radius 2 is 1.13 bits per heavy atom. The maximum atomic E-state index is 12.6. The average Bonchev–Trinajstić information content (AvgIpc) is 2.62. The molecule has 0 aromatic heterocycles. The second kappa shape index (κ2) is 8.13. The van der Waals surface area contributed by atoms with Crippen molar-refractivity contribution in [3.63, 3.8) is 0 Å². The lowest BCUT2D eigenvalue weighted by Gasteiger charge is -2.48. The molecule has 23 heavy (non-hydrogen) atoms. The molecule has 0 heterocycles. The van der Waals surface area contributed by atoms with E-state index < -0.39 is 17.5 Å². The van der Waals surface area contributed by atoms with Crippen molar-refractivity contribution in [2.24, 2.45) is 0 Å². The highest BCUT2D eigenvalue weighted by molar-refractivity contribution is 6.04. The molecule has 0 radical (unpaired) electrons. The quantitative estimate of drug-likeness (QED) is 0.574. The predicted molar refractivity (Wildman–Crippen MR) is 88.0 cm³/mol. The number of ether oxygens (including phenoxy) is 2. The van der Waals surface area contributed by atoms with Crippen LogP contribution in [0, 0.1) is 0 Å². The fourth-order valence-corrected chi connectivity index (χ4v) is 4.44. The number of esters is 2. The minimum atomic E-state index is -1.34. The second-order valence-electron chi connectivity index (χ2n) is 7.05. The third-order valence-electron chi connectivity index (χ3n) is 5.62. The molecule has 2 aliphatic carbocycles. The molecule has 0 spiro atoms. The summed E-state index contributed by atoms with van der Waals surface area (Å²) in [4.78, 5) is 27.4. The topological polar surface area (TPSA) is 55.8 Å². The number of carbonyl (C=O) groups is 2. The summed E-state index contributed by atoms with van der Waals surface area (Å²) in [5.41, 5.74) is -1.34. The van der Waals surface area contributed by atoms with Gasteiger partial charge in [0.25, 0.3) is 0 Å². The molecule has 0 bridgehead atoms. The van der Waals surface area contributed by atoms with Gasteiger partial charge in [0.1, 0.15) is 0 Å². The monoisotopic (exact) mass is 325 g/mol. The maximum Gasteiger partial charge on any atom is 0.337 e. The first-order valence-corrected chi connectivity index (χ1v) is 9.01. The zero-order valence-corrected chi connectivity index (χ0v) is 14.8. The molecule has 2 saturated carbocycles. The van der Waals surface area contributed by atoms with Crippen molar-refractivity contribution in [2.45, 2.75) is 88.8 Å². The Kier molecular flexibility index (Phi) is 6.45. The molecule has 0 aliphatic heterocycles. The molecule has 5 nitrogen and oxygen atoms in total. The van der Waals surface area contributed by atoms with Gasteiger partial charge in [-0.25, -0.2) is 9.59 Å². The third kappa shape index (κ3) is 3.70. The van der Waals surface area contributed by atoms with Crippen LogP contribution >= 0.6 is 0 Å². The van der Waals surface area contributed by atoms with Crippen molar-refractivity contribution in [1.82, 2.24) is 4.90 Å². The normalized spacial score (nSPS) is 21.2. The van der Waals surface area contributed by atoms with Crippen LogP contribution in [0.4, 0.5) is 0 Å². The van der Waals surface area contributed by atoms with Crippen molar-refractivity contribution in [1.29, 1.82) is 0 Å². The van der Waals surface area contributed by atoms with Crippen molar-refractivity contribution in [3.8, 4) is 0 Å². The standard InChI is InChI=1S/C18H31NO4/c1-18(16(20)22-2,17(21)23-3)19(14-10-6-4-7-11-14)15-12-8-5-9-13-15/h14-15H,4-13H2,1-3H3. The molecule has 0 saturated heterocycles. The number of hydrogen-bond acceptors (Lipinski definition) is 5. The number of hydrogen-bond donors (Lipinski definition) is 0. The lowest BCUT2D eigenvalue weighted by atomic mass is 9.83. The van der Waals surface area contributed by atoms with E-state index in [0.717, 1.165) is 51.4 Å². The molecule has 0 aromatic rings. The molecular weight excluding hydrogens is 294 g/mol. The highest BCUT2D eigenvalue weighted by Gasteiger charge is 2.53. The van der Waals surface area contributed by atoms with Gasteiger partial charge in [0, 0.05) is 12.1 Å². The van der Waals surface area contributed by atoms with Crippen molar-refractivity contribution in [2.75, 3.05) is 14.2 Å². The van der Waals surface area contributed by atoms with Gasteiger partial charge in [0.2, 0.25) is 5.54 Å². The summed E-state index contributed by atoms with van der Waals surface area (Å²) in [6.07, 6.45) is 11.3. The van der Waals surface area contributed by atoms with Gasteiger partial charge >= 0.3 is 11.9 Å². The summed E-state index contributed by atoms with van der Waals surface area (Å²) < 4.78 is 10.0. The Balaban J connectivity index is 2.38. The lowest BCUT2D eigenvalue weighted by molar-refractivity contribution is -0.177. The van der Waals surface area contributed by atoms with Gasteiger partial charge in [0.15, 0.2) is 0 Å². The van der Waals surface area contributed by atoms with Crippen LogP contribution < -0.4 is 0 Å². The molecule has 0 aromatic carbocycles. The minimum Gasteiger partial charge on any atom is -0.467 e. The fourth-order valence-electron chi connectivity index (χ4n) is 4.44. The van der Waals surface area contributed by atoms with E-state index >= 15 is 0 Å². The number of nitrogens with zero attached hydrogens (tertiary/aromatic N) is 1. The Bertz CT molecular complexity index is 377. The summed E-state index contributed by atoms with van der Waals surface area (Å²) in [6, 6.07) is 0.519. The molecule has 5 heteroatoms. The summed E-state index contributed by atoms with van der Waals surface area (Å²) in [6.45, 7) is 1.69. The van der Waals surface area contributed by atoms with E-state index in [9.17, 15) is 9.59 Å². The van der Waals surface area contributed by atoms with Crippen molar-refractivity contribution >= 4 is 11.9 Å². The Labute approximate surface area is 139 Å². The van der Waals surface area contributed by atoms with E-state index in [1.54, 1.807) is 6.92 Å². The second-order valence-corrected chi connectivity index (χ2v) is 7.05. The van der Waals surface area contributed by atoms with Crippen LogP contribution in [0.3, 0.4) is 0 Å². The van der Waals surface area contributed by atoms with Crippen LogP contribution in [-0.4, -0.2) is 48.7 Å². The largest absolute Gasteiger partial charge is 0.467 e. The van der Waals surface area contributed by atoms with Crippen LogP contribution in [0.5, 0.6) is 0 Å². The van der Waals surface area contributed by atoms with Crippen LogP contribution in [0.2, 0.25) is 0 Å². The Morgan fingerprint density at radius 1 is 0.783 bits per heavy atom. The number of rotatable bonds is 5. The molecule has 0 amide bonds. The summed E-state index contributed by atoms with van der Waals surface area (Å²) in [5, 5.41) is 0.